The zero-order valence-corrected chi connectivity index (χ0v) is 19.0. The van der Waals surface area contributed by atoms with E-state index >= 15 is 0 Å². The summed E-state index contributed by atoms with van der Waals surface area (Å²) in [5.41, 5.74) is 1.85. The Balaban J connectivity index is 1.66. The van der Waals surface area contributed by atoms with Crippen LogP contribution < -0.4 is 5.32 Å². The van der Waals surface area contributed by atoms with E-state index in [4.69, 9.17) is 4.74 Å². The van der Waals surface area contributed by atoms with Gasteiger partial charge in [0.1, 0.15) is 0 Å². The average molecular weight is 454 g/mol. The summed E-state index contributed by atoms with van der Waals surface area (Å²) in [6.45, 7) is 1.11. The number of para-hydroxylation sites is 1. The minimum atomic E-state index is -0.194. The van der Waals surface area contributed by atoms with Crippen molar-refractivity contribution in [3.8, 4) is 17.1 Å². The predicted octanol–water partition coefficient (Wildman–Crippen LogP) is 2.64. The van der Waals surface area contributed by atoms with Crippen LogP contribution in [-0.2, 0) is 14.3 Å². The molecule has 0 unspecified atom stereocenters. The second-order valence-corrected chi connectivity index (χ2v) is 8.02. The lowest BCUT2D eigenvalue weighted by molar-refractivity contribution is -0.132. The van der Waals surface area contributed by atoms with Gasteiger partial charge in [0, 0.05) is 38.6 Å². The molecular formula is C23H27N5O3S. The lowest BCUT2D eigenvalue weighted by atomic mass is 10.2. The second kappa shape index (κ2) is 12.0. The first kappa shape index (κ1) is 23.5. The number of hydrogen-bond donors (Lipinski definition) is 1. The molecule has 2 aromatic carbocycles. The van der Waals surface area contributed by atoms with E-state index < -0.39 is 0 Å². The van der Waals surface area contributed by atoms with Gasteiger partial charge in [0.2, 0.25) is 11.8 Å². The van der Waals surface area contributed by atoms with Gasteiger partial charge in [-0.3, -0.25) is 14.2 Å². The predicted molar refractivity (Wildman–Crippen MR) is 125 cm³/mol. The lowest BCUT2D eigenvalue weighted by Gasteiger charge is -2.17. The standard InChI is InChI=1S/C23H27N5O3S/c1-27(16-20(29)24-14-9-15-31-2)21(30)17-32-23-26-25-22(18-10-5-3-6-11-18)28(23)19-12-7-4-8-13-19/h3-8,10-13H,9,14-17H2,1-2H3,(H,24,29). The molecule has 0 aliphatic rings. The van der Waals surface area contributed by atoms with Crippen molar-refractivity contribution in [1.29, 1.82) is 0 Å². The first-order valence-electron chi connectivity index (χ1n) is 10.3. The minimum Gasteiger partial charge on any atom is -0.385 e. The molecule has 1 aromatic heterocycles. The summed E-state index contributed by atoms with van der Waals surface area (Å²) in [5.74, 6) is 0.495. The third-order valence-corrected chi connectivity index (χ3v) is 5.57. The van der Waals surface area contributed by atoms with Crippen LogP contribution in [0.4, 0.5) is 0 Å². The highest BCUT2D eigenvalue weighted by Crippen LogP contribution is 2.27. The molecular weight excluding hydrogens is 426 g/mol. The molecule has 0 atom stereocenters. The first-order chi connectivity index (χ1) is 15.6. The molecule has 0 aliphatic carbocycles. The van der Waals surface area contributed by atoms with Crippen molar-refractivity contribution in [2.24, 2.45) is 0 Å². The number of nitrogens with one attached hydrogen (secondary N) is 1. The summed E-state index contributed by atoms with van der Waals surface area (Å²) in [6.07, 6.45) is 0.731. The molecule has 2 amide bonds. The number of rotatable bonds is 11. The summed E-state index contributed by atoms with van der Waals surface area (Å²) < 4.78 is 6.90. The van der Waals surface area contributed by atoms with Crippen LogP contribution in [0.5, 0.6) is 0 Å². The maximum Gasteiger partial charge on any atom is 0.239 e. The van der Waals surface area contributed by atoms with Crippen LogP contribution in [0.3, 0.4) is 0 Å². The molecule has 0 saturated carbocycles. The van der Waals surface area contributed by atoms with E-state index in [-0.39, 0.29) is 24.1 Å². The SMILES string of the molecule is COCCCNC(=O)CN(C)C(=O)CSc1nnc(-c2ccccc2)n1-c1ccccc1. The molecule has 1 N–H and O–H groups in total. The molecule has 168 valence electrons. The van der Waals surface area contributed by atoms with Gasteiger partial charge < -0.3 is 15.0 Å². The number of carbonyl (C=O) groups excluding carboxylic acids is 2. The number of methoxy groups -OCH3 is 1. The largest absolute Gasteiger partial charge is 0.385 e. The molecule has 0 spiro atoms. The number of carbonyl (C=O) groups is 2. The molecule has 1 heterocycles. The number of ether oxygens (including phenoxy) is 1. The van der Waals surface area contributed by atoms with Crippen LogP contribution in [0.1, 0.15) is 6.42 Å². The Labute approximate surface area is 192 Å². The number of nitrogens with zero attached hydrogens (tertiary/aromatic N) is 4. The van der Waals surface area contributed by atoms with Crippen molar-refractivity contribution in [1.82, 2.24) is 25.0 Å². The van der Waals surface area contributed by atoms with Gasteiger partial charge in [0.15, 0.2) is 11.0 Å². The Hall–Kier alpha value is -3.17. The van der Waals surface area contributed by atoms with Gasteiger partial charge in [-0.15, -0.1) is 10.2 Å². The van der Waals surface area contributed by atoms with Gasteiger partial charge in [-0.2, -0.15) is 0 Å². The Morgan fingerprint density at radius 3 is 2.44 bits per heavy atom. The molecule has 0 fully saturated rings. The first-order valence-corrected chi connectivity index (χ1v) is 11.3. The minimum absolute atomic E-state index is 0.00696. The van der Waals surface area contributed by atoms with E-state index in [9.17, 15) is 9.59 Å². The zero-order valence-electron chi connectivity index (χ0n) is 18.2. The highest BCUT2D eigenvalue weighted by Gasteiger charge is 2.19. The molecule has 0 saturated heterocycles. The third kappa shape index (κ3) is 6.41. The topological polar surface area (TPSA) is 89.3 Å². The van der Waals surface area contributed by atoms with Crippen LogP contribution in [0.15, 0.2) is 65.8 Å². The van der Waals surface area contributed by atoms with Gasteiger partial charge in [0.05, 0.1) is 12.3 Å². The van der Waals surface area contributed by atoms with Gasteiger partial charge in [-0.05, 0) is 18.6 Å². The molecule has 0 aliphatic heterocycles. The fourth-order valence-corrected chi connectivity index (χ4v) is 3.88. The van der Waals surface area contributed by atoms with E-state index in [1.54, 1.807) is 14.2 Å². The maximum atomic E-state index is 12.6. The van der Waals surface area contributed by atoms with E-state index in [1.165, 1.54) is 16.7 Å². The quantitative estimate of drug-likeness (QED) is 0.355. The summed E-state index contributed by atoms with van der Waals surface area (Å²) in [4.78, 5) is 26.0. The number of benzene rings is 2. The Bertz CT molecular complexity index is 1010. The van der Waals surface area contributed by atoms with E-state index in [2.05, 4.69) is 15.5 Å². The summed E-state index contributed by atoms with van der Waals surface area (Å²) in [6, 6.07) is 19.6. The van der Waals surface area contributed by atoms with Crippen LogP contribution in [0, 0.1) is 0 Å². The number of thioether (sulfide) groups is 1. The molecule has 32 heavy (non-hydrogen) atoms. The zero-order chi connectivity index (χ0) is 22.8. The van der Waals surface area contributed by atoms with Gasteiger partial charge >= 0.3 is 0 Å². The molecule has 8 nitrogen and oxygen atoms in total. The van der Waals surface area contributed by atoms with Crippen LogP contribution in [0.2, 0.25) is 0 Å². The van der Waals surface area contributed by atoms with Crippen molar-refractivity contribution >= 4 is 23.6 Å². The van der Waals surface area contributed by atoms with Crippen molar-refractivity contribution in [2.75, 3.05) is 39.6 Å². The van der Waals surface area contributed by atoms with Gasteiger partial charge in [-0.1, -0.05) is 60.3 Å². The number of likely N-dealkylation sites (N-methyl/N-ethyl adjacent to an activating group) is 1. The molecule has 3 rings (SSSR count). The molecule has 3 aromatic rings. The Morgan fingerprint density at radius 2 is 1.75 bits per heavy atom. The van der Waals surface area contributed by atoms with E-state index in [1.807, 2.05) is 65.2 Å². The van der Waals surface area contributed by atoms with Gasteiger partial charge in [-0.25, -0.2) is 0 Å². The molecule has 0 radical (unpaired) electrons. The van der Waals surface area contributed by atoms with Crippen molar-refractivity contribution in [2.45, 2.75) is 11.6 Å². The van der Waals surface area contributed by atoms with Crippen molar-refractivity contribution in [3.63, 3.8) is 0 Å². The summed E-state index contributed by atoms with van der Waals surface area (Å²) >= 11 is 1.30. The maximum absolute atomic E-state index is 12.6. The smallest absolute Gasteiger partial charge is 0.239 e. The van der Waals surface area contributed by atoms with E-state index in [0.717, 1.165) is 17.7 Å². The fraction of sp³-hybridized carbons (Fsp3) is 0.304. The average Bonchev–Trinajstić information content (AvgIpc) is 3.25. The number of aromatic nitrogens is 3. The number of hydrogen-bond acceptors (Lipinski definition) is 6. The molecule has 9 heteroatoms. The van der Waals surface area contributed by atoms with Crippen LogP contribution in [0.25, 0.3) is 17.1 Å². The van der Waals surface area contributed by atoms with Crippen LogP contribution >= 0.6 is 11.8 Å². The molecule has 0 bridgehead atoms. The summed E-state index contributed by atoms with van der Waals surface area (Å²) in [5, 5.41) is 12.1. The summed E-state index contributed by atoms with van der Waals surface area (Å²) in [7, 11) is 3.24. The highest BCUT2D eigenvalue weighted by molar-refractivity contribution is 7.99. The van der Waals surface area contributed by atoms with Crippen molar-refractivity contribution < 1.29 is 14.3 Å². The number of amides is 2. The lowest BCUT2D eigenvalue weighted by Crippen LogP contribution is -2.39. The van der Waals surface area contributed by atoms with E-state index in [0.29, 0.717) is 24.1 Å². The highest BCUT2D eigenvalue weighted by atomic mass is 32.2. The normalized spacial score (nSPS) is 10.7. The Kier molecular flexibility index (Phi) is 8.82. The van der Waals surface area contributed by atoms with Gasteiger partial charge in [0.25, 0.3) is 0 Å². The third-order valence-electron chi connectivity index (χ3n) is 4.66. The Morgan fingerprint density at radius 1 is 1.06 bits per heavy atom. The fourth-order valence-electron chi connectivity index (χ4n) is 2.99. The van der Waals surface area contributed by atoms with Crippen molar-refractivity contribution in [3.05, 3.63) is 60.7 Å². The van der Waals surface area contributed by atoms with Crippen LogP contribution in [-0.4, -0.2) is 71.1 Å². The monoisotopic (exact) mass is 453 g/mol. The second-order valence-electron chi connectivity index (χ2n) is 7.08.